The summed E-state index contributed by atoms with van der Waals surface area (Å²) in [7, 11) is 2.15. The zero-order valence-electron chi connectivity index (χ0n) is 19.3. The second kappa shape index (κ2) is 10.9. The van der Waals surface area contributed by atoms with E-state index in [0.29, 0.717) is 17.7 Å². The number of benzene rings is 2. The van der Waals surface area contributed by atoms with E-state index >= 15 is 0 Å². The lowest BCUT2D eigenvalue weighted by Crippen LogP contribution is -2.47. The van der Waals surface area contributed by atoms with E-state index in [2.05, 4.69) is 51.4 Å². The number of rotatable bonds is 8. The number of nitrogens with zero attached hydrogens (tertiary/aromatic N) is 4. The highest BCUT2D eigenvalue weighted by molar-refractivity contribution is 7.71. The summed E-state index contributed by atoms with van der Waals surface area (Å²) in [5, 5.41) is 10.5. The van der Waals surface area contributed by atoms with Crippen LogP contribution in [0.25, 0.3) is 11.4 Å². The molecule has 1 saturated heterocycles. The molecule has 0 bridgehead atoms. The van der Waals surface area contributed by atoms with Gasteiger partial charge >= 0.3 is 0 Å². The molecule has 1 unspecified atom stereocenters. The number of hydrogen-bond donors (Lipinski definition) is 2. The highest BCUT2D eigenvalue weighted by Crippen LogP contribution is 2.19. The first-order valence-electron chi connectivity index (χ1n) is 11.5. The molecule has 0 spiro atoms. The van der Waals surface area contributed by atoms with Crippen LogP contribution >= 0.6 is 12.2 Å². The minimum absolute atomic E-state index is 0.0101. The number of hydrogen-bond acceptors (Lipinski definition) is 5. The third-order valence-electron chi connectivity index (χ3n) is 6.20. The van der Waals surface area contributed by atoms with Crippen LogP contribution in [0.4, 0.5) is 0 Å². The number of likely N-dealkylation sites (N-methyl/N-ethyl adjacent to an activating group) is 1. The van der Waals surface area contributed by atoms with E-state index in [1.807, 2.05) is 47.0 Å². The average molecular weight is 465 g/mol. The van der Waals surface area contributed by atoms with Crippen LogP contribution in [0.2, 0.25) is 0 Å². The molecule has 0 radical (unpaired) electrons. The van der Waals surface area contributed by atoms with Gasteiger partial charge in [0.05, 0.1) is 6.04 Å². The molecule has 1 aliphatic heterocycles. The van der Waals surface area contributed by atoms with Crippen LogP contribution in [0.3, 0.4) is 0 Å². The molecule has 2 aromatic carbocycles. The van der Waals surface area contributed by atoms with Crippen LogP contribution < -0.4 is 5.32 Å². The Labute approximate surface area is 200 Å². The van der Waals surface area contributed by atoms with E-state index in [4.69, 9.17) is 12.2 Å². The molecule has 2 N–H and O–H groups in total. The lowest BCUT2D eigenvalue weighted by atomic mass is 10.1. The third-order valence-corrected chi connectivity index (χ3v) is 6.52. The Morgan fingerprint density at radius 2 is 1.79 bits per heavy atom. The molecular formula is C25H32N6OS. The summed E-state index contributed by atoms with van der Waals surface area (Å²) in [5.74, 6) is 0.765. The molecule has 1 fully saturated rings. The number of piperazine rings is 1. The van der Waals surface area contributed by atoms with Crippen LogP contribution in [0.15, 0.2) is 54.6 Å². The monoisotopic (exact) mass is 464 g/mol. The first-order chi connectivity index (χ1) is 16.0. The molecule has 2 heterocycles. The van der Waals surface area contributed by atoms with Crippen LogP contribution in [0.5, 0.6) is 0 Å². The molecule has 4 rings (SSSR count). The minimum atomic E-state index is -0.0454. The summed E-state index contributed by atoms with van der Waals surface area (Å²) in [6.07, 6.45) is 0.332. The Morgan fingerprint density at radius 1 is 1.09 bits per heavy atom. The number of carbonyl (C=O) groups excluding carboxylic acids is 1. The maximum Gasteiger partial charge on any atom is 0.222 e. The molecule has 8 heteroatoms. The molecule has 0 aliphatic carbocycles. The van der Waals surface area contributed by atoms with Gasteiger partial charge in [-0.3, -0.25) is 19.4 Å². The zero-order chi connectivity index (χ0) is 23.2. The van der Waals surface area contributed by atoms with E-state index in [0.717, 1.165) is 49.7 Å². The molecule has 3 aromatic rings. The Balaban J connectivity index is 1.42. The van der Waals surface area contributed by atoms with Crippen LogP contribution in [-0.2, 0) is 11.3 Å². The average Bonchev–Trinajstić information content (AvgIpc) is 3.20. The number of carbonyl (C=O) groups is 1. The molecule has 1 atom stereocenters. The smallest absolute Gasteiger partial charge is 0.222 e. The van der Waals surface area contributed by atoms with Gasteiger partial charge < -0.3 is 10.2 Å². The highest BCUT2D eigenvalue weighted by atomic mass is 32.1. The van der Waals surface area contributed by atoms with E-state index in [9.17, 15) is 4.79 Å². The molecular weight excluding hydrogens is 432 g/mol. The van der Waals surface area contributed by atoms with Gasteiger partial charge in [-0.25, -0.2) is 0 Å². The van der Waals surface area contributed by atoms with Crippen molar-refractivity contribution in [3.05, 3.63) is 70.5 Å². The predicted molar refractivity (Wildman–Crippen MR) is 133 cm³/mol. The predicted octanol–water partition coefficient (Wildman–Crippen LogP) is 3.41. The van der Waals surface area contributed by atoms with Crippen molar-refractivity contribution in [2.45, 2.75) is 25.9 Å². The zero-order valence-corrected chi connectivity index (χ0v) is 20.1. The maximum atomic E-state index is 13.0. The van der Waals surface area contributed by atoms with Crippen molar-refractivity contribution in [3.8, 4) is 11.4 Å². The lowest BCUT2D eigenvalue weighted by Gasteiger charge is -2.35. The van der Waals surface area contributed by atoms with E-state index in [1.54, 1.807) is 0 Å². The summed E-state index contributed by atoms with van der Waals surface area (Å²) in [5.41, 5.74) is 3.29. The maximum absolute atomic E-state index is 13.0. The molecule has 0 saturated carbocycles. The second-order valence-electron chi connectivity index (χ2n) is 8.75. The van der Waals surface area contributed by atoms with Crippen molar-refractivity contribution in [2.24, 2.45) is 0 Å². The molecule has 33 heavy (non-hydrogen) atoms. The van der Waals surface area contributed by atoms with Gasteiger partial charge in [0.1, 0.15) is 0 Å². The number of nitrogens with one attached hydrogen (secondary N) is 2. The minimum Gasteiger partial charge on any atom is -0.348 e. The quantitative estimate of drug-likeness (QED) is 0.500. The Morgan fingerprint density at radius 3 is 2.48 bits per heavy atom. The van der Waals surface area contributed by atoms with Gasteiger partial charge in [-0.15, -0.1) is 0 Å². The van der Waals surface area contributed by atoms with Crippen LogP contribution in [0.1, 0.15) is 23.6 Å². The topological polar surface area (TPSA) is 69.2 Å². The van der Waals surface area contributed by atoms with Crippen molar-refractivity contribution in [2.75, 3.05) is 39.8 Å². The largest absolute Gasteiger partial charge is 0.348 e. The molecule has 174 valence electrons. The molecule has 1 aliphatic rings. The van der Waals surface area contributed by atoms with Gasteiger partial charge in [0.25, 0.3) is 0 Å². The van der Waals surface area contributed by atoms with Crippen LogP contribution in [-0.4, -0.2) is 70.2 Å². The van der Waals surface area contributed by atoms with E-state index in [1.165, 1.54) is 5.56 Å². The van der Waals surface area contributed by atoms with Crippen molar-refractivity contribution in [1.29, 1.82) is 0 Å². The Hall–Kier alpha value is -2.81. The fourth-order valence-electron chi connectivity index (χ4n) is 4.14. The van der Waals surface area contributed by atoms with Gasteiger partial charge in [0.15, 0.2) is 10.6 Å². The van der Waals surface area contributed by atoms with Gasteiger partial charge in [-0.1, -0.05) is 60.2 Å². The summed E-state index contributed by atoms with van der Waals surface area (Å²) in [6, 6.07) is 18.3. The van der Waals surface area contributed by atoms with Gasteiger partial charge in [0.2, 0.25) is 5.91 Å². The fourth-order valence-corrected chi connectivity index (χ4v) is 4.36. The normalized spacial score (nSPS) is 15.9. The van der Waals surface area contributed by atoms with Gasteiger partial charge in [0, 0.05) is 51.3 Å². The molecule has 1 aromatic heterocycles. The third kappa shape index (κ3) is 6.16. The number of aromatic nitrogens is 3. The summed E-state index contributed by atoms with van der Waals surface area (Å²) in [4.78, 5) is 17.8. The Bertz CT molecular complexity index is 1100. The van der Waals surface area contributed by atoms with Crippen LogP contribution in [0, 0.1) is 11.7 Å². The fraction of sp³-hybridized carbons (Fsp3) is 0.400. The molecule has 7 nitrogen and oxygen atoms in total. The van der Waals surface area contributed by atoms with Crippen molar-refractivity contribution in [3.63, 3.8) is 0 Å². The lowest BCUT2D eigenvalue weighted by molar-refractivity contribution is -0.122. The first-order valence-corrected chi connectivity index (χ1v) is 11.9. The number of amides is 1. The Kier molecular flexibility index (Phi) is 7.69. The first kappa shape index (κ1) is 23.4. The number of H-pyrrole nitrogens is 1. The molecule has 1 amide bonds. The summed E-state index contributed by atoms with van der Waals surface area (Å²) < 4.78 is 2.42. The van der Waals surface area contributed by atoms with Crippen molar-refractivity contribution < 1.29 is 4.79 Å². The van der Waals surface area contributed by atoms with Crippen molar-refractivity contribution in [1.82, 2.24) is 29.9 Å². The standard InChI is InChI=1S/C25H32N6OS/c1-19-8-10-21(11-9-19)24-27-28-25(33)31(24)13-12-23(32)26-22(20-6-4-3-5-7-20)18-30-16-14-29(2)15-17-30/h3-11,22H,12-18H2,1-2H3,(H,26,32)(H,28,33). The van der Waals surface area contributed by atoms with E-state index in [-0.39, 0.29) is 11.9 Å². The van der Waals surface area contributed by atoms with Crippen molar-refractivity contribution >= 4 is 18.1 Å². The van der Waals surface area contributed by atoms with E-state index < -0.39 is 0 Å². The SMILES string of the molecule is Cc1ccc(-c2n[nH]c(=S)n2CCC(=O)NC(CN2CCN(C)CC2)c2ccccc2)cc1. The summed E-state index contributed by atoms with van der Waals surface area (Å²) in [6.45, 7) is 7.46. The highest BCUT2D eigenvalue weighted by Gasteiger charge is 2.21. The number of aromatic amines is 1. The van der Waals surface area contributed by atoms with Gasteiger partial charge in [-0.2, -0.15) is 5.10 Å². The second-order valence-corrected chi connectivity index (χ2v) is 9.14. The number of aryl methyl sites for hydroxylation is 1. The van der Waals surface area contributed by atoms with Gasteiger partial charge in [-0.05, 0) is 31.8 Å². The summed E-state index contributed by atoms with van der Waals surface area (Å²) >= 11 is 5.44.